The SMILES string of the molecule is Cc1cccc(CN2CCC3(CCCN(C(=O)c4ccc[nH]4)C3)C2=O)n1. The highest BCUT2D eigenvalue weighted by atomic mass is 16.2. The minimum Gasteiger partial charge on any atom is -0.357 e. The van der Waals surface area contributed by atoms with Crippen LogP contribution in [0.15, 0.2) is 36.5 Å². The quantitative estimate of drug-likeness (QED) is 0.922. The van der Waals surface area contributed by atoms with Crippen molar-refractivity contribution in [1.82, 2.24) is 19.8 Å². The van der Waals surface area contributed by atoms with Crippen molar-refractivity contribution in [3.8, 4) is 0 Å². The van der Waals surface area contributed by atoms with Gasteiger partial charge in [-0.1, -0.05) is 6.07 Å². The number of likely N-dealkylation sites (tertiary alicyclic amines) is 2. The van der Waals surface area contributed by atoms with Gasteiger partial charge in [-0.2, -0.15) is 0 Å². The maximum atomic E-state index is 13.2. The number of amides is 2. The molecule has 2 fully saturated rings. The van der Waals surface area contributed by atoms with Crippen LogP contribution in [0.5, 0.6) is 0 Å². The van der Waals surface area contributed by atoms with Crippen molar-refractivity contribution >= 4 is 11.8 Å². The Morgan fingerprint density at radius 1 is 1.23 bits per heavy atom. The number of aromatic amines is 1. The van der Waals surface area contributed by atoms with E-state index in [1.54, 1.807) is 12.3 Å². The molecule has 2 amide bonds. The summed E-state index contributed by atoms with van der Waals surface area (Å²) in [5.41, 5.74) is 2.05. The highest BCUT2D eigenvalue weighted by Gasteiger charge is 2.49. The lowest BCUT2D eigenvalue weighted by Gasteiger charge is -2.38. The van der Waals surface area contributed by atoms with E-state index in [1.165, 1.54) is 0 Å². The van der Waals surface area contributed by atoms with E-state index in [0.717, 1.165) is 37.2 Å². The Morgan fingerprint density at radius 2 is 2.12 bits per heavy atom. The van der Waals surface area contributed by atoms with Crippen LogP contribution in [0, 0.1) is 12.3 Å². The van der Waals surface area contributed by atoms with E-state index in [0.29, 0.717) is 25.3 Å². The molecule has 2 saturated heterocycles. The van der Waals surface area contributed by atoms with Crippen molar-refractivity contribution in [1.29, 1.82) is 0 Å². The third-order valence-electron chi connectivity index (χ3n) is 5.59. The van der Waals surface area contributed by atoms with Crippen LogP contribution in [0.1, 0.15) is 41.1 Å². The number of hydrogen-bond acceptors (Lipinski definition) is 3. The minimum atomic E-state index is -0.426. The van der Waals surface area contributed by atoms with Crippen molar-refractivity contribution in [2.24, 2.45) is 5.41 Å². The molecule has 2 aliphatic rings. The molecule has 1 atom stereocenters. The fourth-order valence-corrected chi connectivity index (χ4v) is 4.24. The second-order valence-corrected chi connectivity index (χ2v) is 7.44. The Morgan fingerprint density at radius 3 is 2.88 bits per heavy atom. The molecule has 0 aromatic carbocycles. The minimum absolute atomic E-state index is 0.0133. The van der Waals surface area contributed by atoms with Crippen molar-refractivity contribution in [2.45, 2.75) is 32.7 Å². The van der Waals surface area contributed by atoms with Gasteiger partial charge in [0, 0.05) is 31.5 Å². The van der Waals surface area contributed by atoms with Crippen LogP contribution in [-0.2, 0) is 11.3 Å². The number of aryl methyl sites for hydroxylation is 1. The van der Waals surface area contributed by atoms with Gasteiger partial charge in [0.2, 0.25) is 5.91 Å². The van der Waals surface area contributed by atoms with Crippen molar-refractivity contribution in [2.75, 3.05) is 19.6 Å². The van der Waals surface area contributed by atoms with E-state index < -0.39 is 5.41 Å². The number of carbonyl (C=O) groups excluding carboxylic acids is 2. The molecular weight excluding hydrogens is 328 g/mol. The Kier molecular flexibility index (Phi) is 4.26. The number of nitrogens with zero attached hydrogens (tertiary/aromatic N) is 3. The number of aromatic nitrogens is 2. The maximum absolute atomic E-state index is 13.2. The third kappa shape index (κ3) is 3.00. The summed E-state index contributed by atoms with van der Waals surface area (Å²) in [5.74, 6) is 0.158. The molecule has 2 aromatic rings. The number of carbonyl (C=O) groups is 2. The molecule has 26 heavy (non-hydrogen) atoms. The van der Waals surface area contributed by atoms with Gasteiger partial charge in [-0.25, -0.2) is 0 Å². The van der Waals surface area contributed by atoms with Crippen LogP contribution in [0.3, 0.4) is 0 Å². The largest absolute Gasteiger partial charge is 0.357 e. The zero-order valence-corrected chi connectivity index (χ0v) is 15.1. The summed E-state index contributed by atoms with van der Waals surface area (Å²) in [6, 6.07) is 9.51. The first-order chi connectivity index (χ1) is 12.6. The normalized spacial score (nSPS) is 23.0. The molecule has 0 bridgehead atoms. The molecule has 136 valence electrons. The van der Waals surface area contributed by atoms with E-state index >= 15 is 0 Å². The van der Waals surface area contributed by atoms with Gasteiger partial charge in [-0.15, -0.1) is 0 Å². The molecule has 1 N–H and O–H groups in total. The average molecular weight is 352 g/mol. The van der Waals surface area contributed by atoms with E-state index in [-0.39, 0.29) is 11.8 Å². The molecule has 1 unspecified atom stereocenters. The first kappa shape index (κ1) is 16.8. The highest BCUT2D eigenvalue weighted by Crippen LogP contribution is 2.40. The summed E-state index contributed by atoms with van der Waals surface area (Å²) in [4.78, 5) is 37.1. The Bertz CT molecular complexity index is 817. The van der Waals surface area contributed by atoms with Gasteiger partial charge in [0.1, 0.15) is 5.69 Å². The first-order valence-electron chi connectivity index (χ1n) is 9.22. The summed E-state index contributed by atoms with van der Waals surface area (Å²) in [6.45, 7) is 4.47. The van der Waals surface area contributed by atoms with Crippen molar-refractivity contribution < 1.29 is 9.59 Å². The zero-order chi connectivity index (χ0) is 18.1. The number of hydrogen-bond donors (Lipinski definition) is 1. The average Bonchev–Trinajstić information content (AvgIpc) is 3.27. The predicted molar refractivity (Wildman–Crippen MR) is 97.4 cm³/mol. The van der Waals surface area contributed by atoms with Crippen LogP contribution in [0.25, 0.3) is 0 Å². The van der Waals surface area contributed by atoms with Crippen molar-refractivity contribution in [3.63, 3.8) is 0 Å². The molecule has 2 aromatic heterocycles. The standard InChI is InChI=1S/C20H24N4O2/c1-15-5-2-6-16(22-15)13-23-12-9-20(19(23)26)8-4-11-24(14-20)18(25)17-7-3-10-21-17/h2-3,5-7,10,21H,4,8-9,11-14H2,1H3. The molecule has 4 rings (SSSR count). The maximum Gasteiger partial charge on any atom is 0.270 e. The number of nitrogens with one attached hydrogen (secondary N) is 1. The molecule has 2 aliphatic heterocycles. The van der Waals surface area contributed by atoms with E-state index in [2.05, 4.69) is 9.97 Å². The van der Waals surface area contributed by atoms with E-state index in [1.807, 2.05) is 41.0 Å². The topological polar surface area (TPSA) is 69.3 Å². The summed E-state index contributed by atoms with van der Waals surface area (Å²) in [7, 11) is 0. The number of rotatable bonds is 3. The summed E-state index contributed by atoms with van der Waals surface area (Å²) in [6.07, 6.45) is 4.29. The Hall–Kier alpha value is -2.63. The second-order valence-electron chi connectivity index (χ2n) is 7.44. The smallest absolute Gasteiger partial charge is 0.270 e. The monoisotopic (exact) mass is 352 g/mol. The summed E-state index contributed by atoms with van der Waals surface area (Å²) in [5, 5.41) is 0. The van der Waals surface area contributed by atoms with Crippen LogP contribution >= 0.6 is 0 Å². The third-order valence-corrected chi connectivity index (χ3v) is 5.59. The van der Waals surface area contributed by atoms with Gasteiger partial charge in [0.15, 0.2) is 0 Å². The fraction of sp³-hybridized carbons (Fsp3) is 0.450. The van der Waals surface area contributed by atoms with Gasteiger partial charge >= 0.3 is 0 Å². The van der Waals surface area contributed by atoms with E-state index in [4.69, 9.17) is 0 Å². The van der Waals surface area contributed by atoms with Gasteiger partial charge in [-0.3, -0.25) is 14.6 Å². The highest BCUT2D eigenvalue weighted by molar-refractivity contribution is 5.93. The van der Waals surface area contributed by atoms with Gasteiger partial charge < -0.3 is 14.8 Å². The summed E-state index contributed by atoms with van der Waals surface area (Å²) < 4.78 is 0. The van der Waals surface area contributed by atoms with Gasteiger partial charge in [0.05, 0.1) is 17.7 Å². The van der Waals surface area contributed by atoms with Crippen LogP contribution in [-0.4, -0.2) is 51.2 Å². The number of H-pyrrole nitrogens is 1. The van der Waals surface area contributed by atoms with Crippen LogP contribution in [0.4, 0.5) is 0 Å². The lowest BCUT2D eigenvalue weighted by molar-refractivity contribution is -0.138. The van der Waals surface area contributed by atoms with Crippen LogP contribution < -0.4 is 0 Å². The lowest BCUT2D eigenvalue weighted by Crippen LogP contribution is -2.49. The molecule has 0 saturated carbocycles. The number of piperidine rings is 1. The lowest BCUT2D eigenvalue weighted by atomic mass is 9.78. The predicted octanol–water partition coefficient (Wildman–Crippen LogP) is 2.37. The Balaban J connectivity index is 1.48. The Labute approximate surface area is 153 Å². The molecular formula is C20H24N4O2. The second kappa shape index (κ2) is 6.59. The van der Waals surface area contributed by atoms with Crippen LogP contribution in [0.2, 0.25) is 0 Å². The molecule has 6 nitrogen and oxygen atoms in total. The fourth-order valence-electron chi connectivity index (χ4n) is 4.24. The molecule has 0 aliphatic carbocycles. The summed E-state index contributed by atoms with van der Waals surface area (Å²) >= 11 is 0. The van der Waals surface area contributed by atoms with Gasteiger partial charge in [-0.05, 0) is 50.5 Å². The first-order valence-corrected chi connectivity index (χ1v) is 9.22. The molecule has 4 heterocycles. The molecule has 6 heteroatoms. The van der Waals surface area contributed by atoms with E-state index in [9.17, 15) is 9.59 Å². The zero-order valence-electron chi connectivity index (χ0n) is 15.1. The molecule has 1 spiro atoms. The number of pyridine rings is 1. The molecule has 0 radical (unpaired) electrons. The van der Waals surface area contributed by atoms with Gasteiger partial charge in [0.25, 0.3) is 5.91 Å². The van der Waals surface area contributed by atoms with Crippen molar-refractivity contribution in [3.05, 3.63) is 53.6 Å².